The summed E-state index contributed by atoms with van der Waals surface area (Å²) in [6.07, 6.45) is 1.92. The summed E-state index contributed by atoms with van der Waals surface area (Å²) in [7, 11) is 0. The van der Waals surface area contributed by atoms with Crippen molar-refractivity contribution in [2.75, 3.05) is 6.54 Å². The van der Waals surface area contributed by atoms with Crippen LogP contribution < -0.4 is 5.32 Å². The zero-order valence-electron chi connectivity index (χ0n) is 8.44. The first-order valence-corrected chi connectivity index (χ1v) is 6.08. The van der Waals surface area contributed by atoms with E-state index in [1.165, 1.54) is 4.88 Å². The van der Waals surface area contributed by atoms with E-state index in [1.54, 1.807) is 11.3 Å². The molecule has 2 rings (SSSR count). The number of rotatable bonds is 4. The van der Waals surface area contributed by atoms with Crippen LogP contribution in [0.15, 0.2) is 17.5 Å². The lowest BCUT2D eigenvalue weighted by molar-refractivity contribution is 0.0421. The van der Waals surface area contributed by atoms with Gasteiger partial charge in [-0.3, -0.25) is 0 Å². The van der Waals surface area contributed by atoms with E-state index in [4.69, 9.17) is 5.11 Å². The quantitative estimate of drug-likeness (QED) is 0.800. The Morgan fingerprint density at radius 1 is 1.64 bits per heavy atom. The van der Waals surface area contributed by atoms with E-state index in [0.717, 1.165) is 19.4 Å². The van der Waals surface area contributed by atoms with Crippen LogP contribution in [0, 0.1) is 5.92 Å². The molecule has 0 bridgehead atoms. The maximum absolute atomic E-state index is 9.14. The van der Waals surface area contributed by atoms with E-state index in [1.807, 2.05) is 0 Å². The molecular formula is C11H17NOS. The normalized spacial score (nSPS) is 28.4. The van der Waals surface area contributed by atoms with Crippen LogP contribution in [0.2, 0.25) is 0 Å². The fourth-order valence-corrected chi connectivity index (χ4v) is 2.61. The highest BCUT2D eigenvalue weighted by atomic mass is 32.1. The van der Waals surface area contributed by atoms with Crippen LogP contribution in [-0.4, -0.2) is 17.8 Å². The van der Waals surface area contributed by atoms with Crippen LogP contribution in [0.5, 0.6) is 0 Å². The van der Waals surface area contributed by atoms with Crippen LogP contribution in [0.4, 0.5) is 0 Å². The molecule has 1 aromatic rings. The Morgan fingerprint density at radius 2 is 2.43 bits per heavy atom. The highest BCUT2D eigenvalue weighted by molar-refractivity contribution is 7.10. The number of nitrogens with one attached hydrogen (secondary N) is 1. The molecule has 0 aliphatic heterocycles. The molecule has 0 amide bonds. The third-order valence-corrected chi connectivity index (χ3v) is 3.95. The maximum atomic E-state index is 9.14. The number of aliphatic hydroxyl groups is 1. The molecule has 1 heterocycles. The molecule has 1 unspecified atom stereocenters. The Hall–Kier alpha value is -0.380. The minimum absolute atomic E-state index is 0.0288. The summed E-state index contributed by atoms with van der Waals surface area (Å²) in [6.45, 7) is 3.23. The van der Waals surface area contributed by atoms with Crippen LogP contribution in [0.25, 0.3) is 0 Å². The summed E-state index contributed by atoms with van der Waals surface area (Å²) >= 11 is 1.80. The van der Waals surface area contributed by atoms with Gasteiger partial charge in [-0.2, -0.15) is 0 Å². The highest BCUT2D eigenvalue weighted by Gasteiger charge is 2.26. The van der Waals surface area contributed by atoms with Gasteiger partial charge in [0, 0.05) is 10.9 Å². The van der Waals surface area contributed by atoms with E-state index in [0.29, 0.717) is 12.0 Å². The summed E-state index contributed by atoms with van der Waals surface area (Å²) in [5, 5.41) is 14.8. The molecule has 1 atom stereocenters. The lowest BCUT2D eigenvalue weighted by Crippen LogP contribution is -2.36. The summed E-state index contributed by atoms with van der Waals surface area (Å²) in [5.41, 5.74) is 0. The molecule has 78 valence electrons. The van der Waals surface area contributed by atoms with Crippen molar-refractivity contribution in [1.82, 2.24) is 5.32 Å². The Bertz CT molecular complexity index is 267. The van der Waals surface area contributed by atoms with Crippen molar-refractivity contribution < 1.29 is 5.11 Å². The van der Waals surface area contributed by atoms with Crippen LogP contribution in [0.3, 0.4) is 0 Å². The third kappa shape index (κ3) is 2.35. The lowest BCUT2D eigenvalue weighted by atomic mass is 9.82. The minimum atomic E-state index is -0.0288. The Labute approximate surface area is 89.0 Å². The first-order chi connectivity index (χ1) is 6.75. The number of aliphatic hydroxyl groups excluding tert-OH is 1. The van der Waals surface area contributed by atoms with Crippen LogP contribution in [-0.2, 0) is 0 Å². The van der Waals surface area contributed by atoms with Crippen LogP contribution >= 0.6 is 11.3 Å². The van der Waals surface area contributed by atoms with Gasteiger partial charge in [-0.15, -0.1) is 11.3 Å². The van der Waals surface area contributed by atoms with Crippen molar-refractivity contribution >= 4 is 11.3 Å². The molecule has 0 saturated heterocycles. The monoisotopic (exact) mass is 211 g/mol. The van der Waals surface area contributed by atoms with Gasteiger partial charge in [-0.05, 0) is 43.7 Å². The molecule has 1 saturated carbocycles. The van der Waals surface area contributed by atoms with Gasteiger partial charge in [0.05, 0.1) is 6.10 Å². The lowest BCUT2D eigenvalue weighted by Gasteiger charge is -2.32. The number of thiophene rings is 1. The van der Waals surface area contributed by atoms with E-state index < -0.39 is 0 Å². The second-order valence-electron chi connectivity index (χ2n) is 4.14. The zero-order chi connectivity index (χ0) is 9.97. The van der Waals surface area contributed by atoms with Gasteiger partial charge in [-0.25, -0.2) is 0 Å². The maximum Gasteiger partial charge on any atom is 0.0546 e. The molecule has 2 nitrogen and oxygen atoms in total. The average molecular weight is 211 g/mol. The predicted molar refractivity (Wildman–Crippen MR) is 59.5 cm³/mol. The van der Waals surface area contributed by atoms with Gasteiger partial charge < -0.3 is 10.4 Å². The van der Waals surface area contributed by atoms with Crippen molar-refractivity contribution in [3.63, 3.8) is 0 Å². The second kappa shape index (κ2) is 4.43. The number of hydrogen-bond donors (Lipinski definition) is 2. The molecule has 1 aromatic heterocycles. The largest absolute Gasteiger partial charge is 0.393 e. The van der Waals surface area contributed by atoms with Gasteiger partial charge in [0.2, 0.25) is 0 Å². The minimum Gasteiger partial charge on any atom is -0.393 e. The fourth-order valence-electron chi connectivity index (χ4n) is 1.85. The summed E-state index contributed by atoms with van der Waals surface area (Å²) < 4.78 is 0. The predicted octanol–water partition coefficient (Wildman–Crippen LogP) is 2.17. The van der Waals surface area contributed by atoms with Crippen molar-refractivity contribution in [3.8, 4) is 0 Å². The molecule has 0 aromatic carbocycles. The molecule has 2 N–H and O–H groups in total. The van der Waals surface area contributed by atoms with Crippen molar-refractivity contribution in [3.05, 3.63) is 22.4 Å². The van der Waals surface area contributed by atoms with Crippen LogP contribution in [0.1, 0.15) is 30.7 Å². The topological polar surface area (TPSA) is 32.3 Å². The molecule has 0 spiro atoms. The van der Waals surface area contributed by atoms with Crippen molar-refractivity contribution in [1.29, 1.82) is 0 Å². The van der Waals surface area contributed by atoms with Gasteiger partial charge in [0.1, 0.15) is 0 Å². The summed E-state index contributed by atoms with van der Waals surface area (Å²) in [6, 6.07) is 4.70. The van der Waals surface area contributed by atoms with Gasteiger partial charge in [0.15, 0.2) is 0 Å². The highest BCUT2D eigenvalue weighted by Crippen LogP contribution is 2.27. The average Bonchev–Trinajstić information content (AvgIpc) is 2.62. The standard InChI is InChI=1S/C11H17NOS/c1-8(11-3-2-4-14-11)12-7-9-5-10(13)6-9/h2-4,8-10,12-13H,5-7H2,1H3. The first-order valence-electron chi connectivity index (χ1n) is 5.20. The molecule has 3 heteroatoms. The summed E-state index contributed by atoms with van der Waals surface area (Å²) in [5.74, 6) is 0.687. The smallest absolute Gasteiger partial charge is 0.0546 e. The molecular weight excluding hydrogens is 194 g/mol. The zero-order valence-corrected chi connectivity index (χ0v) is 9.26. The van der Waals surface area contributed by atoms with Crippen molar-refractivity contribution in [2.24, 2.45) is 5.92 Å². The van der Waals surface area contributed by atoms with Gasteiger partial charge in [0.25, 0.3) is 0 Å². The van der Waals surface area contributed by atoms with E-state index in [2.05, 4.69) is 29.8 Å². The second-order valence-corrected chi connectivity index (χ2v) is 5.12. The Kier molecular flexibility index (Phi) is 3.21. The van der Waals surface area contributed by atoms with E-state index in [-0.39, 0.29) is 6.10 Å². The van der Waals surface area contributed by atoms with Crippen molar-refractivity contribution in [2.45, 2.75) is 31.9 Å². The first kappa shape index (κ1) is 10.1. The van der Waals surface area contributed by atoms with Gasteiger partial charge in [-0.1, -0.05) is 6.07 Å². The SMILES string of the molecule is CC(NCC1CC(O)C1)c1cccs1. The van der Waals surface area contributed by atoms with E-state index >= 15 is 0 Å². The molecule has 0 radical (unpaired) electrons. The fraction of sp³-hybridized carbons (Fsp3) is 0.636. The third-order valence-electron chi connectivity index (χ3n) is 2.89. The summed E-state index contributed by atoms with van der Waals surface area (Å²) in [4.78, 5) is 1.39. The van der Waals surface area contributed by atoms with Gasteiger partial charge >= 0.3 is 0 Å². The molecule has 1 aliphatic carbocycles. The molecule has 1 aliphatic rings. The Balaban J connectivity index is 1.71. The number of hydrogen-bond acceptors (Lipinski definition) is 3. The van der Waals surface area contributed by atoms with E-state index in [9.17, 15) is 0 Å². The molecule has 1 fully saturated rings. The Morgan fingerprint density at radius 3 is 3.00 bits per heavy atom. The molecule has 14 heavy (non-hydrogen) atoms.